The molecule has 0 aliphatic carbocycles. The molecule has 0 radical (unpaired) electrons. The van der Waals surface area contributed by atoms with Crippen molar-refractivity contribution in [2.75, 3.05) is 62.4 Å². The van der Waals surface area contributed by atoms with Crippen molar-refractivity contribution in [3.8, 4) is 0 Å². The first-order valence-corrected chi connectivity index (χ1v) is 10.4. The van der Waals surface area contributed by atoms with E-state index in [0.29, 0.717) is 11.7 Å². The molecule has 2 aliphatic rings. The third-order valence-corrected chi connectivity index (χ3v) is 5.76. The molecule has 152 valence electrons. The standard InChI is InChI=1S/C20H32N8/c1-25(2)12-13-26-11-7-22-19(26)16-6-5-10-28(15-16)18-14-17(21)23-20(24-18)27-8-3-4-9-27/h7,11,14,16H,3-6,8-10,12-13,15H2,1-2H3,(H2,21,23,24). The SMILES string of the molecule is CN(C)CCn1ccnc1C1CCCN(c2cc(N)nc(N3CCCC3)n2)C1. The zero-order valence-electron chi connectivity index (χ0n) is 17.1. The summed E-state index contributed by atoms with van der Waals surface area (Å²) >= 11 is 0. The van der Waals surface area contributed by atoms with Crippen molar-refractivity contribution in [3.63, 3.8) is 0 Å². The molecule has 2 aromatic rings. The van der Waals surface area contributed by atoms with Crippen LogP contribution in [0.15, 0.2) is 18.5 Å². The molecule has 8 heteroatoms. The van der Waals surface area contributed by atoms with Gasteiger partial charge in [0, 0.05) is 63.6 Å². The largest absolute Gasteiger partial charge is 0.383 e. The van der Waals surface area contributed by atoms with Gasteiger partial charge < -0.3 is 25.0 Å². The summed E-state index contributed by atoms with van der Waals surface area (Å²) in [4.78, 5) is 20.9. The first kappa shape index (κ1) is 19.0. The summed E-state index contributed by atoms with van der Waals surface area (Å²) in [5.74, 6) is 3.89. The van der Waals surface area contributed by atoms with Crippen molar-refractivity contribution in [3.05, 3.63) is 24.3 Å². The molecule has 2 aromatic heterocycles. The second-order valence-electron chi connectivity index (χ2n) is 8.21. The molecule has 2 fully saturated rings. The lowest BCUT2D eigenvalue weighted by molar-refractivity contribution is 0.373. The maximum atomic E-state index is 6.13. The Kier molecular flexibility index (Phi) is 5.66. The molecule has 4 rings (SSSR count). The minimum atomic E-state index is 0.414. The molecular formula is C20H32N8. The predicted molar refractivity (Wildman–Crippen MR) is 113 cm³/mol. The van der Waals surface area contributed by atoms with E-state index < -0.39 is 0 Å². The highest BCUT2D eigenvalue weighted by molar-refractivity contribution is 5.53. The normalized spacial score (nSPS) is 20.3. The Morgan fingerprint density at radius 1 is 1.11 bits per heavy atom. The summed E-state index contributed by atoms with van der Waals surface area (Å²) in [5.41, 5.74) is 6.13. The van der Waals surface area contributed by atoms with Crippen molar-refractivity contribution >= 4 is 17.6 Å². The van der Waals surface area contributed by atoms with Gasteiger partial charge in [-0.15, -0.1) is 0 Å². The number of hydrogen-bond acceptors (Lipinski definition) is 7. The van der Waals surface area contributed by atoms with Gasteiger partial charge in [0.15, 0.2) is 0 Å². The number of anilines is 3. The highest BCUT2D eigenvalue weighted by Crippen LogP contribution is 2.30. The van der Waals surface area contributed by atoms with Gasteiger partial charge in [0.25, 0.3) is 0 Å². The quantitative estimate of drug-likeness (QED) is 0.813. The first-order chi connectivity index (χ1) is 13.6. The topological polar surface area (TPSA) is 79.3 Å². The Morgan fingerprint density at radius 3 is 2.68 bits per heavy atom. The van der Waals surface area contributed by atoms with Crippen LogP contribution in [0.3, 0.4) is 0 Å². The average molecular weight is 385 g/mol. The highest BCUT2D eigenvalue weighted by atomic mass is 15.3. The van der Waals surface area contributed by atoms with Crippen molar-refractivity contribution in [1.29, 1.82) is 0 Å². The number of aromatic nitrogens is 4. The Balaban J connectivity index is 1.51. The van der Waals surface area contributed by atoms with Crippen LogP contribution >= 0.6 is 0 Å². The zero-order valence-corrected chi connectivity index (χ0v) is 17.1. The predicted octanol–water partition coefficient (Wildman–Crippen LogP) is 1.80. The van der Waals surface area contributed by atoms with Crippen molar-refractivity contribution in [1.82, 2.24) is 24.4 Å². The highest BCUT2D eigenvalue weighted by Gasteiger charge is 2.26. The van der Waals surface area contributed by atoms with Crippen LogP contribution in [0, 0.1) is 0 Å². The summed E-state index contributed by atoms with van der Waals surface area (Å²) < 4.78 is 2.30. The number of nitrogens with zero attached hydrogens (tertiary/aromatic N) is 7. The maximum absolute atomic E-state index is 6.13. The summed E-state index contributed by atoms with van der Waals surface area (Å²) in [7, 11) is 4.22. The molecule has 0 amide bonds. The van der Waals surface area contributed by atoms with Crippen LogP contribution in [0.2, 0.25) is 0 Å². The number of rotatable bonds is 6. The average Bonchev–Trinajstić information content (AvgIpc) is 3.38. The molecule has 1 atom stereocenters. The summed E-state index contributed by atoms with van der Waals surface area (Å²) in [5, 5.41) is 0. The number of likely N-dealkylation sites (N-methyl/N-ethyl adjacent to an activating group) is 1. The van der Waals surface area contributed by atoms with Crippen LogP contribution in [-0.4, -0.2) is 71.2 Å². The third kappa shape index (κ3) is 4.22. The second-order valence-corrected chi connectivity index (χ2v) is 8.21. The van der Waals surface area contributed by atoms with Crippen LogP contribution in [-0.2, 0) is 6.54 Å². The summed E-state index contributed by atoms with van der Waals surface area (Å²) in [6.45, 7) is 5.96. The molecule has 0 aromatic carbocycles. The minimum absolute atomic E-state index is 0.414. The Labute approximate surface area is 167 Å². The molecule has 0 bridgehead atoms. The fraction of sp³-hybridized carbons (Fsp3) is 0.650. The van der Waals surface area contributed by atoms with Crippen LogP contribution in [0.4, 0.5) is 17.6 Å². The van der Waals surface area contributed by atoms with Gasteiger partial charge in [-0.05, 0) is 39.8 Å². The van der Waals surface area contributed by atoms with Gasteiger partial charge >= 0.3 is 0 Å². The smallest absolute Gasteiger partial charge is 0.229 e. The van der Waals surface area contributed by atoms with Crippen molar-refractivity contribution < 1.29 is 0 Å². The van der Waals surface area contributed by atoms with Crippen LogP contribution < -0.4 is 15.5 Å². The van der Waals surface area contributed by atoms with Crippen molar-refractivity contribution in [2.45, 2.75) is 38.1 Å². The monoisotopic (exact) mass is 384 g/mol. The molecule has 2 aliphatic heterocycles. The van der Waals surface area contributed by atoms with Gasteiger partial charge in [-0.3, -0.25) is 0 Å². The van der Waals surface area contributed by atoms with Crippen LogP contribution in [0.1, 0.15) is 37.4 Å². The fourth-order valence-corrected chi connectivity index (χ4v) is 4.23. The molecule has 2 N–H and O–H groups in total. The number of imidazole rings is 1. The Hall–Kier alpha value is -2.35. The number of nitrogen functional groups attached to an aromatic ring is 1. The van der Waals surface area contributed by atoms with Gasteiger partial charge in [0.05, 0.1) is 0 Å². The lowest BCUT2D eigenvalue weighted by Gasteiger charge is -2.34. The zero-order chi connectivity index (χ0) is 19.5. The van der Waals surface area contributed by atoms with E-state index >= 15 is 0 Å². The molecular weight excluding hydrogens is 352 g/mol. The molecule has 1 unspecified atom stereocenters. The number of piperidine rings is 1. The van der Waals surface area contributed by atoms with Crippen LogP contribution in [0.25, 0.3) is 0 Å². The third-order valence-electron chi connectivity index (χ3n) is 5.76. The molecule has 28 heavy (non-hydrogen) atoms. The van der Waals surface area contributed by atoms with E-state index in [-0.39, 0.29) is 0 Å². The number of nitrogens with two attached hydrogens (primary N) is 1. The second kappa shape index (κ2) is 8.34. The lowest BCUT2D eigenvalue weighted by atomic mass is 9.97. The minimum Gasteiger partial charge on any atom is -0.383 e. The van der Waals surface area contributed by atoms with E-state index in [0.717, 1.165) is 63.9 Å². The molecule has 8 nitrogen and oxygen atoms in total. The van der Waals surface area contributed by atoms with Gasteiger partial charge in [-0.2, -0.15) is 9.97 Å². The molecule has 0 saturated carbocycles. The summed E-state index contributed by atoms with van der Waals surface area (Å²) in [6, 6.07) is 1.92. The van der Waals surface area contributed by atoms with E-state index in [1.54, 1.807) is 0 Å². The summed E-state index contributed by atoms with van der Waals surface area (Å²) in [6.07, 6.45) is 8.73. The van der Waals surface area contributed by atoms with Crippen LogP contribution in [0.5, 0.6) is 0 Å². The van der Waals surface area contributed by atoms with Gasteiger partial charge in [-0.25, -0.2) is 4.98 Å². The van der Waals surface area contributed by atoms with E-state index in [9.17, 15) is 0 Å². The van der Waals surface area contributed by atoms with E-state index in [4.69, 9.17) is 15.7 Å². The Morgan fingerprint density at radius 2 is 1.89 bits per heavy atom. The first-order valence-electron chi connectivity index (χ1n) is 10.4. The van der Waals surface area contributed by atoms with E-state index in [2.05, 4.69) is 44.5 Å². The molecule has 0 spiro atoms. The Bertz CT molecular complexity index is 780. The fourth-order valence-electron chi connectivity index (χ4n) is 4.23. The van der Waals surface area contributed by atoms with Gasteiger partial charge in [0.1, 0.15) is 17.5 Å². The maximum Gasteiger partial charge on any atom is 0.229 e. The van der Waals surface area contributed by atoms with E-state index in [1.807, 2.05) is 12.3 Å². The van der Waals surface area contributed by atoms with Crippen molar-refractivity contribution in [2.24, 2.45) is 0 Å². The lowest BCUT2D eigenvalue weighted by Crippen LogP contribution is -2.36. The molecule has 2 saturated heterocycles. The van der Waals surface area contributed by atoms with E-state index in [1.165, 1.54) is 18.7 Å². The number of hydrogen-bond donors (Lipinski definition) is 1. The van der Waals surface area contributed by atoms with Gasteiger partial charge in [0.2, 0.25) is 5.95 Å². The van der Waals surface area contributed by atoms with Gasteiger partial charge in [-0.1, -0.05) is 0 Å². The molecule has 4 heterocycles.